The standard InChI is InChI=1S/C27H34Cl2N2O4/c1-18(27(33)30-20-8-5-4-6-9-20)31(17-21-22(28)10-7-11-23(21)29)26(32)15-13-19-12-14-24(34-2)25(16-19)35-3/h7,10-12,14,16,18,20H,4-6,8-9,13,15,17H2,1-3H3,(H,30,33)/t18-/m0/s1. The van der Waals surface area contributed by atoms with Gasteiger partial charge in [0.1, 0.15) is 6.04 Å². The third kappa shape index (κ3) is 7.28. The molecular formula is C27H34Cl2N2O4. The van der Waals surface area contributed by atoms with Gasteiger partial charge in [0, 0.05) is 34.6 Å². The first-order chi connectivity index (χ1) is 16.8. The molecule has 2 aromatic rings. The number of hydrogen-bond acceptors (Lipinski definition) is 4. The minimum Gasteiger partial charge on any atom is -0.493 e. The number of aryl methyl sites for hydroxylation is 1. The fourth-order valence-electron chi connectivity index (χ4n) is 4.44. The number of benzene rings is 2. The first-order valence-electron chi connectivity index (χ1n) is 12.1. The van der Waals surface area contributed by atoms with Crippen LogP contribution in [0.1, 0.15) is 56.6 Å². The third-order valence-electron chi connectivity index (χ3n) is 6.58. The van der Waals surface area contributed by atoms with Gasteiger partial charge in [-0.25, -0.2) is 0 Å². The van der Waals surface area contributed by atoms with E-state index in [2.05, 4.69) is 5.32 Å². The molecule has 0 aliphatic heterocycles. The Morgan fingerprint density at radius 1 is 1.03 bits per heavy atom. The summed E-state index contributed by atoms with van der Waals surface area (Å²) in [6.07, 6.45) is 6.09. The Morgan fingerprint density at radius 3 is 2.31 bits per heavy atom. The highest BCUT2D eigenvalue weighted by atomic mass is 35.5. The number of amides is 2. The number of ether oxygens (including phenoxy) is 2. The number of rotatable bonds is 10. The molecule has 3 rings (SSSR count). The third-order valence-corrected chi connectivity index (χ3v) is 7.29. The van der Waals surface area contributed by atoms with Gasteiger partial charge in [-0.05, 0) is 56.0 Å². The maximum atomic E-state index is 13.5. The van der Waals surface area contributed by atoms with Gasteiger partial charge in [-0.1, -0.05) is 54.6 Å². The van der Waals surface area contributed by atoms with Gasteiger partial charge in [-0.15, -0.1) is 0 Å². The Balaban J connectivity index is 1.77. The van der Waals surface area contributed by atoms with Crippen LogP contribution in [0.3, 0.4) is 0 Å². The second kappa shape index (κ2) is 13.0. The van der Waals surface area contributed by atoms with Crippen LogP contribution < -0.4 is 14.8 Å². The lowest BCUT2D eigenvalue weighted by molar-refractivity contribution is -0.141. The van der Waals surface area contributed by atoms with Gasteiger partial charge < -0.3 is 19.7 Å². The molecule has 1 atom stereocenters. The molecular weight excluding hydrogens is 487 g/mol. The van der Waals surface area contributed by atoms with Crippen molar-refractivity contribution >= 4 is 35.0 Å². The Labute approximate surface area is 217 Å². The summed E-state index contributed by atoms with van der Waals surface area (Å²) in [6, 6.07) is 10.3. The van der Waals surface area contributed by atoms with Crippen LogP contribution in [0.5, 0.6) is 11.5 Å². The molecule has 1 fully saturated rings. The Morgan fingerprint density at radius 2 is 1.69 bits per heavy atom. The summed E-state index contributed by atoms with van der Waals surface area (Å²) >= 11 is 12.8. The smallest absolute Gasteiger partial charge is 0.242 e. The van der Waals surface area contributed by atoms with Crippen LogP contribution in [0.25, 0.3) is 0 Å². The zero-order chi connectivity index (χ0) is 25.4. The Hall–Kier alpha value is -2.44. The van der Waals surface area contributed by atoms with E-state index >= 15 is 0 Å². The lowest BCUT2D eigenvalue weighted by atomic mass is 9.95. The highest BCUT2D eigenvalue weighted by molar-refractivity contribution is 6.36. The van der Waals surface area contributed by atoms with Crippen molar-refractivity contribution in [2.24, 2.45) is 0 Å². The van der Waals surface area contributed by atoms with Gasteiger partial charge in [-0.2, -0.15) is 0 Å². The number of halogens is 2. The lowest BCUT2D eigenvalue weighted by Crippen LogP contribution is -2.50. The van der Waals surface area contributed by atoms with Gasteiger partial charge in [0.05, 0.1) is 14.2 Å². The molecule has 0 bridgehead atoms. The average molecular weight is 521 g/mol. The van der Waals surface area contributed by atoms with Crippen LogP contribution in [-0.2, 0) is 22.6 Å². The molecule has 0 heterocycles. The molecule has 1 saturated carbocycles. The minimum atomic E-state index is -0.665. The summed E-state index contributed by atoms with van der Waals surface area (Å²) in [7, 11) is 3.16. The SMILES string of the molecule is COc1ccc(CCC(=O)N(Cc2c(Cl)cccc2Cl)[C@@H](C)C(=O)NC2CCCCC2)cc1OC. The second-order valence-corrected chi connectivity index (χ2v) is 9.75. The van der Waals surface area contributed by atoms with Gasteiger partial charge in [-0.3, -0.25) is 9.59 Å². The largest absolute Gasteiger partial charge is 0.493 e. The van der Waals surface area contributed by atoms with Gasteiger partial charge >= 0.3 is 0 Å². The first-order valence-corrected chi connectivity index (χ1v) is 12.8. The molecule has 0 spiro atoms. The minimum absolute atomic E-state index is 0.151. The number of carbonyl (C=O) groups excluding carboxylic acids is 2. The van der Waals surface area contributed by atoms with Crippen molar-refractivity contribution in [1.82, 2.24) is 10.2 Å². The fraction of sp³-hybridized carbons (Fsp3) is 0.481. The van der Waals surface area contributed by atoms with E-state index in [1.165, 1.54) is 6.42 Å². The zero-order valence-corrected chi connectivity index (χ0v) is 22.1. The fourth-order valence-corrected chi connectivity index (χ4v) is 4.95. The van der Waals surface area contributed by atoms with Crippen LogP contribution in [0.4, 0.5) is 0 Å². The van der Waals surface area contributed by atoms with E-state index in [9.17, 15) is 9.59 Å². The van der Waals surface area contributed by atoms with E-state index in [4.69, 9.17) is 32.7 Å². The van der Waals surface area contributed by atoms with Crippen LogP contribution in [-0.4, -0.2) is 43.0 Å². The van der Waals surface area contributed by atoms with Crippen molar-refractivity contribution in [2.45, 2.75) is 70.5 Å². The second-order valence-electron chi connectivity index (χ2n) is 8.93. The molecule has 0 unspecified atom stereocenters. The van der Waals surface area contributed by atoms with Crippen molar-refractivity contribution < 1.29 is 19.1 Å². The number of carbonyl (C=O) groups is 2. The summed E-state index contributed by atoms with van der Waals surface area (Å²) in [5.74, 6) is 0.935. The summed E-state index contributed by atoms with van der Waals surface area (Å²) in [6.45, 7) is 1.92. The van der Waals surface area contributed by atoms with Crippen LogP contribution in [0, 0.1) is 0 Å². The van der Waals surface area contributed by atoms with Crippen molar-refractivity contribution in [3.8, 4) is 11.5 Å². The Bertz CT molecular complexity index is 1000. The van der Waals surface area contributed by atoms with Gasteiger partial charge in [0.15, 0.2) is 11.5 Å². The molecule has 2 amide bonds. The van der Waals surface area contributed by atoms with Crippen molar-refractivity contribution in [3.05, 3.63) is 57.6 Å². The van der Waals surface area contributed by atoms with Crippen molar-refractivity contribution in [3.63, 3.8) is 0 Å². The first kappa shape index (κ1) is 27.2. The predicted molar refractivity (Wildman–Crippen MR) is 139 cm³/mol. The highest BCUT2D eigenvalue weighted by Gasteiger charge is 2.29. The maximum Gasteiger partial charge on any atom is 0.242 e. The van der Waals surface area contributed by atoms with Crippen molar-refractivity contribution in [1.29, 1.82) is 0 Å². The van der Waals surface area contributed by atoms with E-state index in [0.717, 1.165) is 31.2 Å². The predicted octanol–water partition coefficient (Wildman–Crippen LogP) is 5.81. The normalized spacial score (nSPS) is 14.8. The van der Waals surface area contributed by atoms with Crippen LogP contribution in [0.2, 0.25) is 10.0 Å². The molecule has 0 aromatic heterocycles. The zero-order valence-electron chi connectivity index (χ0n) is 20.6. The molecule has 35 heavy (non-hydrogen) atoms. The highest BCUT2D eigenvalue weighted by Crippen LogP contribution is 2.29. The molecule has 1 aliphatic rings. The number of hydrogen-bond donors (Lipinski definition) is 1. The monoisotopic (exact) mass is 520 g/mol. The molecule has 2 aromatic carbocycles. The van der Waals surface area contributed by atoms with Crippen molar-refractivity contribution in [2.75, 3.05) is 14.2 Å². The Kier molecular flexibility index (Phi) is 10.1. The lowest BCUT2D eigenvalue weighted by Gasteiger charge is -2.31. The summed E-state index contributed by atoms with van der Waals surface area (Å²) < 4.78 is 10.7. The number of methoxy groups -OCH3 is 2. The van der Waals surface area contributed by atoms with Gasteiger partial charge in [0.25, 0.3) is 0 Å². The molecule has 1 N–H and O–H groups in total. The molecule has 6 nitrogen and oxygen atoms in total. The summed E-state index contributed by atoms with van der Waals surface area (Å²) in [5.41, 5.74) is 1.57. The molecule has 8 heteroatoms. The number of nitrogens with zero attached hydrogens (tertiary/aromatic N) is 1. The van der Waals surface area contributed by atoms with E-state index < -0.39 is 6.04 Å². The topological polar surface area (TPSA) is 67.9 Å². The molecule has 190 valence electrons. The van der Waals surface area contributed by atoms with E-state index in [-0.39, 0.29) is 30.8 Å². The average Bonchev–Trinajstić information content (AvgIpc) is 2.87. The van der Waals surface area contributed by atoms with E-state index in [1.807, 2.05) is 18.2 Å². The van der Waals surface area contributed by atoms with E-state index in [0.29, 0.717) is 33.5 Å². The maximum absolute atomic E-state index is 13.5. The van der Waals surface area contributed by atoms with Crippen LogP contribution >= 0.6 is 23.2 Å². The summed E-state index contributed by atoms with van der Waals surface area (Å²) in [4.78, 5) is 28.2. The van der Waals surface area contributed by atoms with Gasteiger partial charge in [0.2, 0.25) is 11.8 Å². The quantitative estimate of drug-likeness (QED) is 0.429. The molecule has 0 saturated heterocycles. The molecule has 0 radical (unpaired) electrons. The summed E-state index contributed by atoms with van der Waals surface area (Å²) in [5, 5.41) is 4.08. The number of nitrogens with one attached hydrogen (secondary N) is 1. The van der Waals surface area contributed by atoms with E-state index in [1.54, 1.807) is 44.2 Å². The van der Waals surface area contributed by atoms with Crippen LogP contribution in [0.15, 0.2) is 36.4 Å². The molecule has 1 aliphatic carbocycles.